The first kappa shape index (κ1) is 25.2. The molecule has 0 radical (unpaired) electrons. The summed E-state index contributed by atoms with van der Waals surface area (Å²) in [5.41, 5.74) is 0.936. The van der Waals surface area contributed by atoms with Crippen LogP contribution in [-0.2, 0) is 47.4 Å². The molecule has 2 N–H and O–H groups in total. The number of aryl methyl sites for hydroxylation is 1. The van der Waals surface area contributed by atoms with Gasteiger partial charge < -0.3 is 15.2 Å². The predicted octanol–water partition coefficient (Wildman–Crippen LogP) is 3.43. The molecule has 0 bridgehead atoms. The van der Waals surface area contributed by atoms with Gasteiger partial charge in [-0.2, -0.15) is 18.3 Å². The smallest absolute Gasteiger partial charge is 0.392 e. The number of piperidine rings is 1. The lowest BCUT2D eigenvalue weighted by Gasteiger charge is -2.47. The molecule has 2 aliphatic rings. The van der Waals surface area contributed by atoms with Crippen molar-refractivity contribution >= 4 is 17.2 Å². The highest BCUT2D eigenvalue weighted by molar-refractivity contribution is 7.12. The first-order valence-electron chi connectivity index (χ1n) is 11.7. The zero-order valence-electron chi connectivity index (χ0n) is 19.5. The molecule has 4 rings (SSSR count). The first-order valence-corrected chi connectivity index (χ1v) is 12.5. The Labute approximate surface area is 200 Å². The summed E-state index contributed by atoms with van der Waals surface area (Å²) in [4.78, 5) is 13.9. The normalized spacial score (nSPS) is 23.3. The Bertz CT molecular complexity index is 1020. The summed E-state index contributed by atoms with van der Waals surface area (Å²) in [5.74, 6) is -0.00651. The van der Waals surface area contributed by atoms with Crippen LogP contribution in [0.2, 0.25) is 0 Å². The molecule has 2 atom stereocenters. The minimum atomic E-state index is -4.48. The van der Waals surface area contributed by atoms with Gasteiger partial charge in [0.15, 0.2) is 0 Å². The van der Waals surface area contributed by atoms with Gasteiger partial charge in [-0.25, -0.2) is 0 Å². The number of aromatic nitrogens is 2. The van der Waals surface area contributed by atoms with Crippen molar-refractivity contribution in [2.24, 2.45) is 0 Å². The number of likely N-dealkylation sites (tertiary alicyclic amines) is 1. The maximum absolute atomic E-state index is 13.6. The highest BCUT2D eigenvalue weighted by atomic mass is 32.1. The Kier molecular flexibility index (Phi) is 7.37. The van der Waals surface area contributed by atoms with Crippen molar-refractivity contribution in [2.75, 3.05) is 19.7 Å². The summed E-state index contributed by atoms with van der Waals surface area (Å²) in [6, 6.07) is 0.0902. The average Bonchev–Trinajstić information content (AvgIpc) is 3.39. The monoisotopic (exact) mass is 500 g/mol. The van der Waals surface area contributed by atoms with Gasteiger partial charge in [0.25, 0.3) is 0 Å². The molecule has 0 aliphatic carbocycles. The minimum absolute atomic E-state index is 0.00651. The van der Waals surface area contributed by atoms with Crippen molar-refractivity contribution in [3.63, 3.8) is 0 Å². The van der Waals surface area contributed by atoms with Crippen LogP contribution < -0.4 is 5.32 Å². The number of carbonyl (C=O) groups is 1. The Morgan fingerprint density at radius 3 is 2.91 bits per heavy atom. The van der Waals surface area contributed by atoms with Crippen LogP contribution in [0.15, 0.2) is 12.4 Å². The van der Waals surface area contributed by atoms with Crippen molar-refractivity contribution in [2.45, 2.75) is 77.0 Å². The highest BCUT2D eigenvalue weighted by Crippen LogP contribution is 2.51. The van der Waals surface area contributed by atoms with E-state index in [-0.39, 0.29) is 17.5 Å². The molecular formula is C23H31F3N4O3S. The van der Waals surface area contributed by atoms with Gasteiger partial charge in [0, 0.05) is 60.8 Å². The molecule has 7 nitrogen and oxygen atoms in total. The van der Waals surface area contributed by atoms with Gasteiger partial charge in [-0.1, -0.05) is 0 Å². The molecule has 0 saturated carbocycles. The SMILES string of the molecule is CCNC(=O)CCn1cc(CN2CC[C@]3(C[C@@H]2C)OCCc2c3sc(C(F)(F)F)c2CO)cn1. The van der Waals surface area contributed by atoms with E-state index in [1.165, 1.54) is 0 Å². The second-order valence-electron chi connectivity index (χ2n) is 9.05. The predicted molar refractivity (Wildman–Crippen MR) is 121 cm³/mol. The molecule has 11 heteroatoms. The summed E-state index contributed by atoms with van der Waals surface area (Å²) < 4.78 is 48.8. The van der Waals surface area contributed by atoms with Gasteiger partial charge in [0.2, 0.25) is 5.91 Å². The number of rotatable bonds is 7. The molecule has 2 aromatic rings. The van der Waals surface area contributed by atoms with Crippen molar-refractivity contribution in [1.82, 2.24) is 20.0 Å². The van der Waals surface area contributed by atoms with E-state index >= 15 is 0 Å². The van der Waals surface area contributed by atoms with Crippen molar-refractivity contribution in [1.29, 1.82) is 0 Å². The fraction of sp³-hybridized carbons (Fsp3) is 0.652. The van der Waals surface area contributed by atoms with Crippen LogP contribution in [-0.4, -0.2) is 51.4 Å². The van der Waals surface area contributed by atoms with Crippen LogP contribution in [0.1, 0.15) is 59.6 Å². The number of ether oxygens (including phenoxy) is 1. The standard InChI is InChI=1S/C23H31F3N4O3S/c1-3-27-19(32)4-7-30-13-16(11-28-30)12-29-8-6-22(10-15(29)2)20-17(5-9-33-22)18(14-31)21(34-20)23(24,25)26/h11,13,15,31H,3-10,12,14H2,1-2H3,(H,27,32)/t15-,22+/m0/s1. The molecule has 1 spiro atoms. The molecule has 1 fully saturated rings. The van der Waals surface area contributed by atoms with Crippen molar-refractivity contribution < 1.29 is 27.8 Å². The Balaban J connectivity index is 1.45. The zero-order chi connectivity index (χ0) is 24.5. The Hall–Kier alpha value is -1.95. The molecule has 4 heterocycles. The number of thiophene rings is 1. The Morgan fingerprint density at radius 1 is 1.44 bits per heavy atom. The van der Waals surface area contributed by atoms with Crippen LogP contribution in [0.3, 0.4) is 0 Å². The molecule has 34 heavy (non-hydrogen) atoms. The third-order valence-corrected chi connectivity index (χ3v) is 8.25. The van der Waals surface area contributed by atoms with Gasteiger partial charge in [-0.3, -0.25) is 14.4 Å². The molecule has 188 valence electrons. The van der Waals surface area contributed by atoms with E-state index in [1.54, 1.807) is 10.9 Å². The van der Waals surface area contributed by atoms with Crippen LogP contribution in [0.4, 0.5) is 13.2 Å². The topological polar surface area (TPSA) is 79.6 Å². The fourth-order valence-corrected chi connectivity index (χ4v) is 6.52. The number of fused-ring (bicyclic) bond motifs is 2. The van der Waals surface area contributed by atoms with E-state index in [2.05, 4.69) is 22.2 Å². The van der Waals surface area contributed by atoms with Gasteiger partial charge in [-0.15, -0.1) is 11.3 Å². The van der Waals surface area contributed by atoms with Crippen LogP contribution in [0.25, 0.3) is 0 Å². The quantitative estimate of drug-likeness (QED) is 0.609. The number of amides is 1. The van der Waals surface area contributed by atoms with E-state index < -0.39 is 23.3 Å². The number of nitrogens with one attached hydrogen (secondary N) is 1. The number of hydrogen-bond acceptors (Lipinski definition) is 6. The molecule has 2 aromatic heterocycles. The van der Waals surface area contributed by atoms with E-state index in [0.717, 1.165) is 16.9 Å². The highest BCUT2D eigenvalue weighted by Gasteiger charge is 2.48. The van der Waals surface area contributed by atoms with E-state index in [1.807, 2.05) is 13.1 Å². The second kappa shape index (κ2) is 9.96. The van der Waals surface area contributed by atoms with Gasteiger partial charge in [0.05, 0.1) is 19.4 Å². The zero-order valence-corrected chi connectivity index (χ0v) is 20.3. The van der Waals surface area contributed by atoms with E-state index in [0.29, 0.717) is 68.9 Å². The summed E-state index contributed by atoms with van der Waals surface area (Å²) in [6.07, 6.45) is 1.21. The van der Waals surface area contributed by atoms with Gasteiger partial charge >= 0.3 is 6.18 Å². The van der Waals surface area contributed by atoms with Crippen molar-refractivity contribution in [3.8, 4) is 0 Å². The number of carbonyl (C=O) groups excluding carboxylic acids is 1. The number of alkyl halides is 3. The molecule has 0 aromatic carbocycles. The molecule has 0 unspecified atom stereocenters. The number of halogens is 3. The fourth-order valence-electron chi connectivity index (χ4n) is 5.11. The number of aliphatic hydroxyl groups excluding tert-OH is 1. The van der Waals surface area contributed by atoms with Gasteiger partial charge in [0.1, 0.15) is 10.5 Å². The third-order valence-electron chi connectivity index (χ3n) is 6.74. The maximum Gasteiger partial charge on any atom is 0.425 e. The molecule has 1 saturated heterocycles. The Morgan fingerprint density at radius 2 is 2.24 bits per heavy atom. The summed E-state index contributed by atoms with van der Waals surface area (Å²) in [5, 5.41) is 16.8. The average molecular weight is 501 g/mol. The van der Waals surface area contributed by atoms with Crippen LogP contribution in [0, 0.1) is 0 Å². The lowest BCUT2D eigenvalue weighted by atomic mass is 9.81. The van der Waals surface area contributed by atoms with Gasteiger partial charge in [-0.05, 0) is 38.7 Å². The summed E-state index contributed by atoms with van der Waals surface area (Å²) in [6.45, 7) is 6.17. The lowest BCUT2D eigenvalue weighted by Crippen LogP contribution is -2.50. The lowest BCUT2D eigenvalue weighted by molar-refractivity contribution is -0.135. The summed E-state index contributed by atoms with van der Waals surface area (Å²) in [7, 11) is 0. The van der Waals surface area contributed by atoms with E-state index in [9.17, 15) is 23.1 Å². The molecule has 1 amide bonds. The minimum Gasteiger partial charge on any atom is -0.392 e. The van der Waals surface area contributed by atoms with Crippen molar-refractivity contribution in [3.05, 3.63) is 38.8 Å². The second-order valence-corrected chi connectivity index (χ2v) is 10.1. The van der Waals surface area contributed by atoms with Crippen LogP contribution >= 0.6 is 11.3 Å². The summed E-state index contributed by atoms with van der Waals surface area (Å²) >= 11 is 0.746. The molecule has 2 aliphatic heterocycles. The number of hydrogen-bond donors (Lipinski definition) is 2. The number of aliphatic hydroxyl groups is 1. The number of nitrogens with zero attached hydrogens (tertiary/aromatic N) is 3. The molecular weight excluding hydrogens is 469 g/mol. The van der Waals surface area contributed by atoms with Crippen LogP contribution in [0.5, 0.6) is 0 Å². The maximum atomic E-state index is 13.6. The first-order chi connectivity index (χ1) is 16.2. The largest absolute Gasteiger partial charge is 0.425 e. The van der Waals surface area contributed by atoms with E-state index in [4.69, 9.17) is 4.74 Å². The third kappa shape index (κ3) is 5.02.